The normalized spacial score (nSPS) is 18.8. The van der Waals surface area contributed by atoms with Gasteiger partial charge in [0.1, 0.15) is 0 Å². The standard InChI is InChI=1S/C6H11.2C5H11.HI.Sn/c1-2-4-6-5-3-1;2*1-4-5(2)3;;/h1H,2-6H2;2*5H,1,4H2,2-3H3;1H;/q;;;;+1/p-1. The van der Waals surface area contributed by atoms with Crippen molar-refractivity contribution in [3.8, 4) is 0 Å². The molecule has 1 fully saturated rings. The van der Waals surface area contributed by atoms with E-state index < -0.39 is 14.4 Å². The molecular formula is C16H33ISn. The minimum atomic E-state index is -1.83. The Hall–Kier alpha value is 1.53. The molecule has 0 amide bonds. The van der Waals surface area contributed by atoms with Gasteiger partial charge < -0.3 is 0 Å². The van der Waals surface area contributed by atoms with Crippen molar-refractivity contribution in [2.75, 3.05) is 0 Å². The third kappa shape index (κ3) is 6.32. The van der Waals surface area contributed by atoms with Crippen LogP contribution in [-0.2, 0) is 0 Å². The fourth-order valence-corrected chi connectivity index (χ4v) is 24.8. The molecule has 0 aromatic carbocycles. The maximum absolute atomic E-state index is 3.07. The molecule has 108 valence electrons. The Bertz CT molecular complexity index is 207. The van der Waals surface area contributed by atoms with Crippen LogP contribution in [0.15, 0.2) is 0 Å². The van der Waals surface area contributed by atoms with E-state index in [9.17, 15) is 0 Å². The van der Waals surface area contributed by atoms with Crippen molar-refractivity contribution in [3.63, 3.8) is 0 Å². The average molecular weight is 471 g/mol. The van der Waals surface area contributed by atoms with Crippen LogP contribution in [0.5, 0.6) is 0 Å². The number of rotatable bonds is 7. The van der Waals surface area contributed by atoms with E-state index in [0.717, 1.165) is 11.8 Å². The first-order chi connectivity index (χ1) is 8.44. The molecule has 0 aromatic heterocycles. The molecule has 1 aliphatic carbocycles. The molecule has 0 nitrogen and oxygen atoms in total. The van der Waals surface area contributed by atoms with Crippen molar-refractivity contribution in [3.05, 3.63) is 0 Å². The van der Waals surface area contributed by atoms with Crippen LogP contribution in [0.3, 0.4) is 0 Å². The van der Waals surface area contributed by atoms with Crippen LogP contribution < -0.4 is 0 Å². The molecule has 0 spiro atoms. The molecule has 18 heavy (non-hydrogen) atoms. The van der Waals surface area contributed by atoms with Gasteiger partial charge in [-0.25, -0.2) is 0 Å². The first kappa shape index (κ1) is 17.6. The van der Waals surface area contributed by atoms with Gasteiger partial charge in [0.25, 0.3) is 0 Å². The molecular weight excluding hydrogens is 438 g/mol. The molecule has 0 aliphatic heterocycles. The van der Waals surface area contributed by atoms with Crippen LogP contribution in [0, 0.1) is 11.8 Å². The summed E-state index contributed by atoms with van der Waals surface area (Å²) in [6, 6.07) is 0. The zero-order chi connectivity index (χ0) is 13.6. The summed E-state index contributed by atoms with van der Waals surface area (Å²) in [6.07, 6.45) is 10.8. The maximum atomic E-state index is 3.07. The molecule has 2 heteroatoms. The van der Waals surface area contributed by atoms with Crippen LogP contribution in [0.4, 0.5) is 0 Å². The Kier molecular flexibility index (Phi) is 8.53. The number of hydrogen-bond donors (Lipinski definition) is 0. The second-order valence-corrected chi connectivity index (χ2v) is 32.7. The van der Waals surface area contributed by atoms with E-state index in [1.54, 1.807) is 21.7 Å². The van der Waals surface area contributed by atoms with E-state index in [0.29, 0.717) is 0 Å². The molecule has 0 radical (unpaired) electrons. The fourth-order valence-electron chi connectivity index (χ4n) is 3.21. The van der Waals surface area contributed by atoms with E-state index in [1.165, 1.54) is 36.0 Å². The fraction of sp³-hybridized carbons (Fsp3) is 1.00. The summed E-state index contributed by atoms with van der Waals surface area (Å²) in [6.45, 7) is 9.64. The summed E-state index contributed by atoms with van der Waals surface area (Å²) in [4.78, 5) is 0. The van der Waals surface area contributed by atoms with E-state index in [4.69, 9.17) is 0 Å². The Morgan fingerprint density at radius 1 is 0.889 bits per heavy atom. The second kappa shape index (κ2) is 8.74. The molecule has 0 heterocycles. The monoisotopic (exact) mass is 472 g/mol. The first-order valence-corrected chi connectivity index (χ1v) is 22.1. The third-order valence-electron chi connectivity index (χ3n) is 4.61. The molecule has 0 bridgehead atoms. The molecule has 0 atom stereocenters. The molecule has 1 rings (SSSR count). The quantitative estimate of drug-likeness (QED) is 0.283. The van der Waals surface area contributed by atoms with Gasteiger partial charge in [-0.15, -0.1) is 0 Å². The Morgan fingerprint density at radius 2 is 1.33 bits per heavy atom. The molecule has 0 unspecified atom stereocenters. The average Bonchev–Trinajstić information content (AvgIpc) is 2.35. The Morgan fingerprint density at radius 3 is 1.72 bits per heavy atom. The summed E-state index contributed by atoms with van der Waals surface area (Å²) < 4.78 is 4.53. The second-order valence-electron chi connectivity index (χ2n) is 7.23. The van der Waals surface area contributed by atoms with Gasteiger partial charge in [-0.2, -0.15) is 0 Å². The Balaban J connectivity index is 2.58. The van der Waals surface area contributed by atoms with Crippen LogP contribution in [0.25, 0.3) is 0 Å². The predicted molar refractivity (Wildman–Crippen MR) is 95.1 cm³/mol. The zero-order valence-corrected chi connectivity index (χ0v) is 18.0. The van der Waals surface area contributed by atoms with Crippen LogP contribution in [0.1, 0.15) is 72.6 Å². The third-order valence-corrected chi connectivity index (χ3v) is 30.0. The van der Waals surface area contributed by atoms with Crippen molar-refractivity contribution >= 4 is 33.0 Å². The molecule has 0 N–H and O–H groups in total. The van der Waals surface area contributed by atoms with Gasteiger partial charge in [-0.05, 0) is 0 Å². The van der Waals surface area contributed by atoms with Crippen molar-refractivity contribution in [2.45, 2.75) is 85.4 Å². The summed E-state index contributed by atoms with van der Waals surface area (Å²) in [5, 5.41) is 0. The van der Waals surface area contributed by atoms with Crippen molar-refractivity contribution in [1.82, 2.24) is 0 Å². The molecule has 1 saturated carbocycles. The van der Waals surface area contributed by atoms with E-state index in [-0.39, 0.29) is 0 Å². The van der Waals surface area contributed by atoms with E-state index in [2.05, 4.69) is 46.3 Å². The summed E-state index contributed by atoms with van der Waals surface area (Å²) in [7, 11) is 0. The van der Waals surface area contributed by atoms with E-state index >= 15 is 0 Å². The molecule has 1 aliphatic rings. The molecule has 0 saturated heterocycles. The van der Waals surface area contributed by atoms with Gasteiger partial charge in [0, 0.05) is 0 Å². The SMILES string of the molecule is CC(C)C[CH2][Sn]([I])([CH2]CC(C)C)[CH]1CCCCC1. The van der Waals surface area contributed by atoms with Gasteiger partial charge in [0.05, 0.1) is 0 Å². The topological polar surface area (TPSA) is 0 Å². The van der Waals surface area contributed by atoms with Crippen LogP contribution in [0.2, 0.25) is 12.8 Å². The van der Waals surface area contributed by atoms with Gasteiger partial charge in [-0.1, -0.05) is 0 Å². The summed E-state index contributed by atoms with van der Waals surface area (Å²) in [5.41, 5.74) is 0. The van der Waals surface area contributed by atoms with Crippen molar-refractivity contribution < 1.29 is 0 Å². The van der Waals surface area contributed by atoms with Gasteiger partial charge in [-0.3, -0.25) is 0 Å². The van der Waals surface area contributed by atoms with Crippen LogP contribution in [-0.4, -0.2) is 14.4 Å². The van der Waals surface area contributed by atoms with Crippen molar-refractivity contribution in [2.24, 2.45) is 11.8 Å². The molecule has 0 aromatic rings. The van der Waals surface area contributed by atoms with Gasteiger partial charge in [0.2, 0.25) is 0 Å². The minimum absolute atomic E-state index is 0.915. The van der Waals surface area contributed by atoms with Crippen molar-refractivity contribution in [1.29, 1.82) is 0 Å². The summed E-state index contributed by atoms with van der Waals surface area (Å²) in [5.74, 6) is 1.83. The van der Waals surface area contributed by atoms with Gasteiger partial charge in [0.15, 0.2) is 0 Å². The van der Waals surface area contributed by atoms with Gasteiger partial charge >= 0.3 is 130 Å². The predicted octanol–water partition coefficient (Wildman–Crippen LogP) is 6.79. The zero-order valence-electron chi connectivity index (χ0n) is 13.0. The van der Waals surface area contributed by atoms with E-state index in [1.807, 2.05) is 0 Å². The summed E-state index contributed by atoms with van der Waals surface area (Å²) >= 11 is 1.24. The Labute approximate surface area is 129 Å². The first-order valence-electron chi connectivity index (χ1n) is 8.13. The number of halogens is 1. The number of hydrogen-bond acceptors (Lipinski definition) is 0. The van der Waals surface area contributed by atoms with Crippen LogP contribution >= 0.6 is 18.6 Å².